The second-order valence-corrected chi connectivity index (χ2v) is 7.69. The summed E-state index contributed by atoms with van der Waals surface area (Å²) in [6.45, 7) is -1.10. The van der Waals surface area contributed by atoms with Gasteiger partial charge in [-0.25, -0.2) is 12.8 Å². The highest BCUT2D eigenvalue weighted by molar-refractivity contribution is 7.89. The molecule has 0 bridgehead atoms. The molecule has 27 heavy (non-hydrogen) atoms. The standard InChI is InChI=1S/C17H16F4N2O3S/c1-23(27(25,26)14-5-3-2-4-6-14)11-16(24)22-10-12-7-8-13(18)9-15(12)17(19,20)21/h2-9H,10-11H2,1H3,(H,22,24). The van der Waals surface area contributed by atoms with Crippen molar-refractivity contribution in [2.75, 3.05) is 13.6 Å². The molecule has 0 aliphatic heterocycles. The minimum absolute atomic E-state index is 0.0156. The van der Waals surface area contributed by atoms with E-state index in [2.05, 4.69) is 5.32 Å². The van der Waals surface area contributed by atoms with Crippen molar-refractivity contribution in [3.8, 4) is 0 Å². The van der Waals surface area contributed by atoms with Crippen LogP contribution in [0.1, 0.15) is 11.1 Å². The predicted octanol–water partition coefficient (Wildman–Crippen LogP) is 2.78. The van der Waals surface area contributed by atoms with Crippen molar-refractivity contribution in [2.24, 2.45) is 0 Å². The zero-order valence-electron chi connectivity index (χ0n) is 14.1. The van der Waals surface area contributed by atoms with Gasteiger partial charge in [0.2, 0.25) is 15.9 Å². The van der Waals surface area contributed by atoms with Crippen molar-refractivity contribution >= 4 is 15.9 Å². The minimum Gasteiger partial charge on any atom is -0.351 e. The van der Waals surface area contributed by atoms with Gasteiger partial charge in [0.25, 0.3) is 0 Å². The van der Waals surface area contributed by atoms with Crippen LogP contribution in [0, 0.1) is 5.82 Å². The Kier molecular flexibility index (Phi) is 6.22. The Morgan fingerprint density at radius 3 is 2.33 bits per heavy atom. The van der Waals surface area contributed by atoms with E-state index >= 15 is 0 Å². The fourth-order valence-electron chi connectivity index (χ4n) is 2.28. The lowest BCUT2D eigenvalue weighted by atomic mass is 10.1. The van der Waals surface area contributed by atoms with Gasteiger partial charge >= 0.3 is 6.18 Å². The van der Waals surface area contributed by atoms with E-state index in [1.165, 1.54) is 31.3 Å². The number of nitrogens with one attached hydrogen (secondary N) is 1. The number of hydrogen-bond donors (Lipinski definition) is 1. The maximum absolute atomic E-state index is 13.1. The monoisotopic (exact) mass is 404 g/mol. The summed E-state index contributed by atoms with van der Waals surface area (Å²) in [5.41, 5.74) is -1.53. The molecule has 1 N–H and O–H groups in total. The average molecular weight is 404 g/mol. The summed E-state index contributed by atoms with van der Waals surface area (Å²) in [6, 6.07) is 9.50. The quantitative estimate of drug-likeness (QED) is 0.753. The van der Waals surface area contributed by atoms with Crippen LogP contribution in [-0.2, 0) is 27.5 Å². The molecular weight excluding hydrogens is 388 g/mol. The van der Waals surface area contributed by atoms with Crippen molar-refractivity contribution in [1.29, 1.82) is 0 Å². The number of sulfonamides is 1. The fraction of sp³-hybridized carbons (Fsp3) is 0.235. The highest BCUT2D eigenvalue weighted by Crippen LogP contribution is 2.32. The van der Waals surface area contributed by atoms with Crippen molar-refractivity contribution in [3.63, 3.8) is 0 Å². The zero-order valence-corrected chi connectivity index (χ0v) is 14.9. The smallest absolute Gasteiger partial charge is 0.351 e. The SMILES string of the molecule is CN(CC(=O)NCc1ccc(F)cc1C(F)(F)F)S(=O)(=O)c1ccccc1. The number of hydrogen-bond acceptors (Lipinski definition) is 3. The summed E-state index contributed by atoms with van der Waals surface area (Å²) >= 11 is 0. The molecule has 0 spiro atoms. The van der Waals surface area contributed by atoms with Crippen LogP contribution in [0.4, 0.5) is 17.6 Å². The molecule has 1 amide bonds. The van der Waals surface area contributed by atoms with E-state index in [9.17, 15) is 30.8 Å². The molecule has 0 saturated carbocycles. The van der Waals surface area contributed by atoms with Gasteiger partial charge < -0.3 is 5.32 Å². The van der Waals surface area contributed by atoms with Gasteiger partial charge in [0, 0.05) is 13.6 Å². The first-order chi connectivity index (χ1) is 12.5. The van der Waals surface area contributed by atoms with Crippen LogP contribution in [0.15, 0.2) is 53.4 Å². The van der Waals surface area contributed by atoms with Crippen LogP contribution in [0.2, 0.25) is 0 Å². The van der Waals surface area contributed by atoms with Crippen LogP contribution >= 0.6 is 0 Å². The molecule has 10 heteroatoms. The molecular formula is C17H16F4N2O3S. The van der Waals surface area contributed by atoms with Crippen LogP contribution in [0.25, 0.3) is 0 Å². The van der Waals surface area contributed by atoms with Gasteiger partial charge in [0.05, 0.1) is 17.0 Å². The lowest BCUT2D eigenvalue weighted by Crippen LogP contribution is -2.38. The molecule has 2 aromatic carbocycles. The summed E-state index contributed by atoms with van der Waals surface area (Å²) < 4.78 is 77.3. The van der Waals surface area contributed by atoms with Gasteiger partial charge in [-0.2, -0.15) is 17.5 Å². The summed E-state index contributed by atoms with van der Waals surface area (Å²) in [7, 11) is -2.73. The molecule has 146 valence electrons. The molecule has 0 heterocycles. The number of rotatable bonds is 6. The summed E-state index contributed by atoms with van der Waals surface area (Å²) in [5, 5.41) is 2.22. The van der Waals surface area contributed by atoms with E-state index in [-0.39, 0.29) is 10.5 Å². The second-order valence-electron chi connectivity index (χ2n) is 5.65. The molecule has 0 atom stereocenters. The normalized spacial score (nSPS) is 12.2. The van der Waals surface area contributed by atoms with Gasteiger partial charge in [-0.1, -0.05) is 24.3 Å². The number of likely N-dealkylation sites (N-methyl/N-ethyl adjacent to an activating group) is 1. The Labute approximate surface area is 153 Å². The summed E-state index contributed by atoms with van der Waals surface area (Å²) in [5.74, 6) is -1.85. The van der Waals surface area contributed by atoms with Crippen LogP contribution < -0.4 is 5.32 Å². The van der Waals surface area contributed by atoms with E-state index in [1.54, 1.807) is 6.07 Å². The molecule has 0 radical (unpaired) electrons. The van der Waals surface area contributed by atoms with E-state index in [0.29, 0.717) is 6.07 Å². The van der Waals surface area contributed by atoms with Gasteiger partial charge in [0.1, 0.15) is 5.82 Å². The number of benzene rings is 2. The molecule has 0 aliphatic rings. The van der Waals surface area contributed by atoms with E-state index in [1.807, 2.05) is 0 Å². The minimum atomic E-state index is -4.78. The van der Waals surface area contributed by atoms with Crippen molar-refractivity contribution in [2.45, 2.75) is 17.6 Å². The number of amides is 1. The van der Waals surface area contributed by atoms with Crippen molar-refractivity contribution < 1.29 is 30.8 Å². The Hall–Kier alpha value is -2.46. The molecule has 2 aromatic rings. The molecule has 2 rings (SSSR count). The highest BCUT2D eigenvalue weighted by atomic mass is 32.2. The van der Waals surface area contributed by atoms with Gasteiger partial charge in [-0.05, 0) is 29.8 Å². The Morgan fingerprint density at radius 1 is 1.11 bits per heavy atom. The van der Waals surface area contributed by atoms with Crippen LogP contribution in [-0.4, -0.2) is 32.2 Å². The molecule has 0 fully saturated rings. The molecule has 0 unspecified atom stereocenters. The Bertz CT molecular complexity index is 916. The number of carbonyl (C=O) groups is 1. The lowest BCUT2D eigenvalue weighted by molar-refractivity contribution is -0.138. The lowest BCUT2D eigenvalue weighted by Gasteiger charge is -2.18. The largest absolute Gasteiger partial charge is 0.416 e. The Balaban J connectivity index is 2.05. The number of alkyl halides is 3. The van der Waals surface area contributed by atoms with E-state index in [0.717, 1.165) is 16.4 Å². The highest BCUT2D eigenvalue weighted by Gasteiger charge is 2.33. The maximum Gasteiger partial charge on any atom is 0.416 e. The van der Waals surface area contributed by atoms with E-state index in [4.69, 9.17) is 0 Å². The van der Waals surface area contributed by atoms with Gasteiger partial charge in [-0.15, -0.1) is 0 Å². The molecule has 0 aliphatic carbocycles. The second kappa shape index (κ2) is 8.05. The first-order valence-electron chi connectivity index (χ1n) is 7.65. The van der Waals surface area contributed by atoms with Gasteiger partial charge in [-0.3, -0.25) is 4.79 Å². The zero-order chi connectivity index (χ0) is 20.2. The maximum atomic E-state index is 13.1. The van der Waals surface area contributed by atoms with Crippen LogP contribution in [0.5, 0.6) is 0 Å². The summed E-state index contributed by atoms with van der Waals surface area (Å²) in [6.07, 6.45) is -4.78. The Morgan fingerprint density at radius 2 is 1.74 bits per heavy atom. The van der Waals surface area contributed by atoms with Crippen LogP contribution in [0.3, 0.4) is 0 Å². The first kappa shape index (κ1) is 20.8. The number of halogens is 4. The average Bonchev–Trinajstić information content (AvgIpc) is 2.60. The van der Waals surface area contributed by atoms with E-state index < -0.39 is 46.6 Å². The van der Waals surface area contributed by atoms with Crippen molar-refractivity contribution in [1.82, 2.24) is 9.62 Å². The fourth-order valence-corrected chi connectivity index (χ4v) is 3.42. The third-order valence-electron chi connectivity index (χ3n) is 3.67. The van der Waals surface area contributed by atoms with Gasteiger partial charge in [0.15, 0.2) is 0 Å². The number of nitrogens with zero attached hydrogens (tertiary/aromatic N) is 1. The number of carbonyl (C=O) groups excluding carboxylic acids is 1. The molecule has 5 nitrogen and oxygen atoms in total. The third kappa shape index (κ3) is 5.27. The molecule has 0 saturated heterocycles. The van der Waals surface area contributed by atoms with Crippen molar-refractivity contribution in [3.05, 3.63) is 65.5 Å². The first-order valence-corrected chi connectivity index (χ1v) is 9.09. The predicted molar refractivity (Wildman–Crippen MR) is 89.5 cm³/mol. The third-order valence-corrected chi connectivity index (χ3v) is 5.49. The molecule has 0 aromatic heterocycles. The topological polar surface area (TPSA) is 66.5 Å². The summed E-state index contributed by atoms with van der Waals surface area (Å²) in [4.78, 5) is 11.9.